The molecule has 0 aliphatic rings. The summed E-state index contributed by atoms with van der Waals surface area (Å²) in [6.07, 6.45) is 1.28. The van der Waals surface area contributed by atoms with Gasteiger partial charge in [-0.2, -0.15) is 5.10 Å². The number of carbonyl (C=O) groups is 1. The molecule has 1 aromatic rings. The van der Waals surface area contributed by atoms with Crippen LogP contribution < -0.4 is 5.73 Å². The summed E-state index contributed by atoms with van der Waals surface area (Å²) in [5, 5.41) is 15.0. The van der Waals surface area contributed by atoms with E-state index in [0.29, 0.717) is 5.69 Å². The molecule has 0 aliphatic carbocycles. The van der Waals surface area contributed by atoms with Crippen LogP contribution in [0.25, 0.3) is 0 Å². The van der Waals surface area contributed by atoms with Gasteiger partial charge in [-0.05, 0) is 6.07 Å². The average Bonchev–Trinajstić information content (AvgIpc) is 1.88. The second kappa shape index (κ2) is 2.30. The molecule has 0 amide bonds. The number of aromatic carboxylic acids is 1. The minimum atomic E-state index is -1.13. The van der Waals surface area contributed by atoms with Crippen LogP contribution in [0.5, 0.6) is 0 Å². The smallest absolute Gasteiger partial charge is 0.356 e. The number of rotatable bonds is 1. The normalized spacial score (nSPS) is 9.20. The van der Waals surface area contributed by atoms with Gasteiger partial charge in [0.1, 0.15) is 0 Å². The van der Waals surface area contributed by atoms with Crippen LogP contribution in [0.15, 0.2) is 12.3 Å². The van der Waals surface area contributed by atoms with E-state index in [1.165, 1.54) is 12.3 Å². The first-order chi connectivity index (χ1) is 4.70. The second-order valence-electron chi connectivity index (χ2n) is 1.68. The largest absolute Gasteiger partial charge is 0.476 e. The van der Waals surface area contributed by atoms with Gasteiger partial charge >= 0.3 is 5.97 Å². The summed E-state index contributed by atoms with van der Waals surface area (Å²) in [5.41, 5.74) is 5.39. The monoisotopic (exact) mass is 139 g/mol. The third kappa shape index (κ3) is 1.19. The van der Waals surface area contributed by atoms with Crippen LogP contribution in [0.2, 0.25) is 0 Å². The standard InChI is InChI=1S/C5H5N3O2/c6-3-1-4(5(9)10)8-7-2-3/h1-2H,(H2,6,8)(H,9,10). The van der Waals surface area contributed by atoms with Crippen molar-refractivity contribution in [3.63, 3.8) is 0 Å². The second-order valence-corrected chi connectivity index (χ2v) is 1.68. The maximum absolute atomic E-state index is 10.2. The predicted octanol–water partition coefficient (Wildman–Crippen LogP) is -0.243. The molecule has 0 aromatic carbocycles. The van der Waals surface area contributed by atoms with Gasteiger partial charge in [0.15, 0.2) is 5.69 Å². The third-order valence-corrected chi connectivity index (χ3v) is 0.895. The van der Waals surface area contributed by atoms with Crippen molar-refractivity contribution in [1.82, 2.24) is 10.2 Å². The SMILES string of the molecule is Nc1cnnc(C(=O)O)c1. The van der Waals surface area contributed by atoms with E-state index in [0.717, 1.165) is 0 Å². The van der Waals surface area contributed by atoms with Gasteiger partial charge in [0.25, 0.3) is 0 Å². The van der Waals surface area contributed by atoms with Crippen LogP contribution in [0.3, 0.4) is 0 Å². The molecule has 0 saturated carbocycles. The summed E-state index contributed by atoms with van der Waals surface area (Å²) < 4.78 is 0. The molecule has 1 rings (SSSR count). The number of carboxylic acid groups (broad SMARTS) is 1. The minimum absolute atomic E-state index is 0.139. The van der Waals surface area contributed by atoms with E-state index in [4.69, 9.17) is 10.8 Å². The zero-order valence-corrected chi connectivity index (χ0v) is 4.98. The van der Waals surface area contributed by atoms with E-state index >= 15 is 0 Å². The Labute approximate surface area is 56.5 Å². The lowest BCUT2D eigenvalue weighted by molar-refractivity contribution is 0.0689. The van der Waals surface area contributed by atoms with Crippen molar-refractivity contribution in [3.05, 3.63) is 18.0 Å². The quantitative estimate of drug-likeness (QED) is 0.560. The molecule has 5 nitrogen and oxygen atoms in total. The summed E-state index contributed by atoms with van der Waals surface area (Å²) in [5.74, 6) is -1.13. The highest BCUT2D eigenvalue weighted by Crippen LogP contribution is 1.99. The molecule has 0 radical (unpaired) electrons. The van der Waals surface area contributed by atoms with Crippen LogP contribution in [-0.4, -0.2) is 21.3 Å². The Bertz CT molecular complexity index is 261. The molecule has 0 atom stereocenters. The van der Waals surface area contributed by atoms with Crippen LogP contribution >= 0.6 is 0 Å². The van der Waals surface area contributed by atoms with Gasteiger partial charge in [0, 0.05) is 0 Å². The maximum Gasteiger partial charge on any atom is 0.356 e. The van der Waals surface area contributed by atoms with Gasteiger partial charge in [-0.3, -0.25) is 0 Å². The van der Waals surface area contributed by atoms with Crippen molar-refractivity contribution >= 4 is 11.7 Å². The topological polar surface area (TPSA) is 89.1 Å². The molecule has 1 heterocycles. The molecule has 5 heteroatoms. The molecule has 0 spiro atoms. The van der Waals surface area contributed by atoms with Crippen LogP contribution in [0, 0.1) is 0 Å². The Kier molecular flexibility index (Phi) is 1.49. The van der Waals surface area contributed by atoms with Crippen molar-refractivity contribution in [1.29, 1.82) is 0 Å². The van der Waals surface area contributed by atoms with Gasteiger partial charge in [0.2, 0.25) is 0 Å². The van der Waals surface area contributed by atoms with Crippen molar-refractivity contribution in [2.45, 2.75) is 0 Å². The van der Waals surface area contributed by atoms with E-state index < -0.39 is 5.97 Å². The van der Waals surface area contributed by atoms with Crippen molar-refractivity contribution < 1.29 is 9.90 Å². The molecule has 0 saturated heterocycles. The molecular formula is C5H5N3O2. The first-order valence-electron chi connectivity index (χ1n) is 2.51. The zero-order chi connectivity index (χ0) is 7.56. The summed E-state index contributed by atoms with van der Waals surface area (Å²) in [6.45, 7) is 0. The number of hydrogen-bond donors (Lipinski definition) is 2. The van der Waals surface area contributed by atoms with E-state index in [9.17, 15) is 4.79 Å². The number of nitrogens with zero attached hydrogens (tertiary/aromatic N) is 2. The van der Waals surface area contributed by atoms with Gasteiger partial charge in [-0.1, -0.05) is 0 Å². The molecule has 10 heavy (non-hydrogen) atoms. The molecule has 0 bridgehead atoms. The van der Waals surface area contributed by atoms with Gasteiger partial charge in [-0.15, -0.1) is 5.10 Å². The number of aromatic nitrogens is 2. The fourth-order valence-electron chi connectivity index (χ4n) is 0.486. The van der Waals surface area contributed by atoms with Crippen LogP contribution in [0.4, 0.5) is 5.69 Å². The highest BCUT2D eigenvalue weighted by molar-refractivity contribution is 5.85. The van der Waals surface area contributed by atoms with Crippen molar-refractivity contribution in [3.8, 4) is 0 Å². The first-order valence-corrected chi connectivity index (χ1v) is 2.51. The Morgan fingerprint density at radius 2 is 2.40 bits per heavy atom. The predicted molar refractivity (Wildman–Crippen MR) is 33.4 cm³/mol. The number of nitrogens with two attached hydrogens (primary N) is 1. The van der Waals surface area contributed by atoms with E-state index in [1.807, 2.05) is 0 Å². The molecule has 3 N–H and O–H groups in total. The minimum Gasteiger partial charge on any atom is -0.476 e. The first kappa shape index (κ1) is 6.47. The summed E-state index contributed by atoms with van der Waals surface area (Å²) in [7, 11) is 0. The fourth-order valence-corrected chi connectivity index (χ4v) is 0.486. The average molecular weight is 139 g/mol. The number of hydrogen-bond acceptors (Lipinski definition) is 4. The Hall–Kier alpha value is -1.65. The van der Waals surface area contributed by atoms with Crippen molar-refractivity contribution in [2.24, 2.45) is 0 Å². The fraction of sp³-hybridized carbons (Fsp3) is 0. The zero-order valence-electron chi connectivity index (χ0n) is 4.98. The number of anilines is 1. The maximum atomic E-state index is 10.2. The van der Waals surface area contributed by atoms with Gasteiger partial charge in [0.05, 0.1) is 11.9 Å². The van der Waals surface area contributed by atoms with E-state index in [2.05, 4.69) is 10.2 Å². The number of nitrogen functional groups attached to an aromatic ring is 1. The molecular weight excluding hydrogens is 134 g/mol. The lowest BCUT2D eigenvalue weighted by Crippen LogP contribution is -2.02. The van der Waals surface area contributed by atoms with Crippen molar-refractivity contribution in [2.75, 3.05) is 5.73 Å². The summed E-state index contributed by atoms with van der Waals surface area (Å²) in [6, 6.07) is 1.25. The molecule has 52 valence electrons. The Balaban J connectivity index is 3.07. The van der Waals surface area contributed by atoms with Crippen LogP contribution in [0.1, 0.15) is 10.5 Å². The molecule has 0 fully saturated rings. The Morgan fingerprint density at radius 1 is 1.70 bits per heavy atom. The number of carboxylic acids is 1. The highest BCUT2D eigenvalue weighted by atomic mass is 16.4. The highest BCUT2D eigenvalue weighted by Gasteiger charge is 2.03. The van der Waals surface area contributed by atoms with E-state index in [-0.39, 0.29) is 5.69 Å². The molecule has 0 unspecified atom stereocenters. The molecule has 1 aromatic heterocycles. The molecule has 0 aliphatic heterocycles. The third-order valence-electron chi connectivity index (χ3n) is 0.895. The van der Waals surface area contributed by atoms with Crippen LogP contribution in [-0.2, 0) is 0 Å². The van der Waals surface area contributed by atoms with Gasteiger partial charge < -0.3 is 10.8 Å². The van der Waals surface area contributed by atoms with E-state index in [1.54, 1.807) is 0 Å². The lowest BCUT2D eigenvalue weighted by Gasteiger charge is -1.91. The lowest BCUT2D eigenvalue weighted by atomic mass is 10.4. The summed E-state index contributed by atoms with van der Waals surface area (Å²) >= 11 is 0. The van der Waals surface area contributed by atoms with Gasteiger partial charge in [-0.25, -0.2) is 4.79 Å². The Morgan fingerprint density at radius 3 is 2.80 bits per heavy atom. The summed E-state index contributed by atoms with van der Waals surface area (Å²) in [4.78, 5) is 10.2.